The van der Waals surface area contributed by atoms with E-state index in [-0.39, 0.29) is 0 Å². The molecule has 6 heteroatoms. The zero-order valence-corrected chi connectivity index (χ0v) is 12.1. The van der Waals surface area contributed by atoms with Gasteiger partial charge in [0.25, 0.3) is 10.2 Å². The molecule has 1 aromatic carbocycles. The summed E-state index contributed by atoms with van der Waals surface area (Å²) in [4.78, 5) is 0. The number of rotatable bonds is 4. The average Bonchev–Trinajstić information content (AvgIpc) is 2.69. The number of hydrogen-bond donors (Lipinski definition) is 1. The molecule has 0 spiro atoms. The third-order valence-corrected chi connectivity index (χ3v) is 5.20. The maximum atomic E-state index is 12.5. The minimum Gasteiger partial charge on any atom is -0.315 e. The summed E-state index contributed by atoms with van der Waals surface area (Å²) in [5.74, 6) is 0. The van der Waals surface area contributed by atoms with Gasteiger partial charge in [-0.1, -0.05) is 30.3 Å². The van der Waals surface area contributed by atoms with Gasteiger partial charge >= 0.3 is 0 Å². The van der Waals surface area contributed by atoms with E-state index in [4.69, 9.17) is 0 Å². The highest BCUT2D eigenvalue weighted by atomic mass is 32.2. The molecule has 0 aliphatic carbocycles. The van der Waals surface area contributed by atoms with Gasteiger partial charge in [-0.05, 0) is 18.5 Å². The van der Waals surface area contributed by atoms with E-state index in [9.17, 15) is 8.42 Å². The van der Waals surface area contributed by atoms with Crippen molar-refractivity contribution in [1.29, 1.82) is 0 Å². The molecule has 1 fully saturated rings. The molecule has 1 aromatic rings. The number of nitrogens with one attached hydrogen (secondary N) is 1. The first-order chi connectivity index (χ1) is 9.10. The molecule has 0 unspecified atom stereocenters. The minimum absolute atomic E-state index is 0.410. The predicted molar refractivity (Wildman–Crippen MR) is 75.9 cm³/mol. The highest BCUT2D eigenvalue weighted by molar-refractivity contribution is 7.86. The molecule has 0 aromatic heterocycles. The first-order valence-corrected chi connectivity index (χ1v) is 7.96. The van der Waals surface area contributed by atoms with E-state index in [0.717, 1.165) is 25.1 Å². The van der Waals surface area contributed by atoms with E-state index in [1.54, 1.807) is 11.4 Å². The normalized spacial score (nSPS) is 18.4. The maximum absolute atomic E-state index is 12.5. The molecule has 2 rings (SSSR count). The lowest BCUT2D eigenvalue weighted by Gasteiger charge is -2.26. The van der Waals surface area contributed by atoms with Gasteiger partial charge in [0.15, 0.2) is 0 Å². The Hall–Kier alpha value is -0.950. The molecule has 1 N–H and O–H groups in total. The van der Waals surface area contributed by atoms with Crippen molar-refractivity contribution in [2.45, 2.75) is 13.0 Å². The Bertz CT molecular complexity index is 482. The van der Waals surface area contributed by atoms with Gasteiger partial charge < -0.3 is 5.32 Å². The van der Waals surface area contributed by atoms with Crippen LogP contribution < -0.4 is 5.32 Å². The Morgan fingerprint density at radius 1 is 1.21 bits per heavy atom. The molecule has 106 valence electrons. The number of benzene rings is 1. The summed E-state index contributed by atoms with van der Waals surface area (Å²) in [5.41, 5.74) is 1.00. The Labute approximate surface area is 115 Å². The monoisotopic (exact) mass is 283 g/mol. The number of hydrogen-bond acceptors (Lipinski definition) is 3. The number of nitrogens with zero attached hydrogens (tertiary/aromatic N) is 2. The third kappa shape index (κ3) is 3.76. The van der Waals surface area contributed by atoms with Gasteiger partial charge in [-0.3, -0.25) is 0 Å². The second-order valence-corrected chi connectivity index (χ2v) is 6.79. The molecule has 5 nitrogen and oxygen atoms in total. The lowest BCUT2D eigenvalue weighted by molar-refractivity contribution is 0.368. The van der Waals surface area contributed by atoms with Gasteiger partial charge in [-0.15, -0.1) is 0 Å². The first-order valence-electron chi connectivity index (χ1n) is 6.57. The molecular formula is C13H21N3O2S. The fraction of sp³-hybridized carbons (Fsp3) is 0.538. The Morgan fingerprint density at radius 2 is 1.95 bits per heavy atom. The highest BCUT2D eigenvalue weighted by Gasteiger charge is 2.27. The molecule has 0 atom stereocenters. The van der Waals surface area contributed by atoms with Crippen LogP contribution in [0.3, 0.4) is 0 Å². The van der Waals surface area contributed by atoms with Crippen molar-refractivity contribution in [3.8, 4) is 0 Å². The topological polar surface area (TPSA) is 52.7 Å². The molecule has 19 heavy (non-hydrogen) atoms. The van der Waals surface area contributed by atoms with E-state index in [2.05, 4.69) is 5.32 Å². The molecule has 1 aliphatic rings. The summed E-state index contributed by atoms with van der Waals surface area (Å²) >= 11 is 0. The van der Waals surface area contributed by atoms with Crippen LogP contribution in [0, 0.1) is 0 Å². The first kappa shape index (κ1) is 14.5. The van der Waals surface area contributed by atoms with Crippen LogP contribution in [0.1, 0.15) is 12.0 Å². The molecule has 0 bridgehead atoms. The van der Waals surface area contributed by atoms with Crippen molar-refractivity contribution in [3.05, 3.63) is 35.9 Å². The Balaban J connectivity index is 2.05. The largest absolute Gasteiger partial charge is 0.315 e. The van der Waals surface area contributed by atoms with Crippen LogP contribution in [0.25, 0.3) is 0 Å². The van der Waals surface area contributed by atoms with Gasteiger partial charge in [-0.2, -0.15) is 17.0 Å². The molecular weight excluding hydrogens is 262 g/mol. The van der Waals surface area contributed by atoms with E-state index >= 15 is 0 Å². The molecule has 1 saturated heterocycles. The summed E-state index contributed by atoms with van der Waals surface area (Å²) in [6.07, 6.45) is 0.860. The summed E-state index contributed by atoms with van der Waals surface area (Å²) in [6.45, 7) is 3.15. The molecule has 0 saturated carbocycles. The lowest BCUT2D eigenvalue weighted by Crippen LogP contribution is -2.43. The van der Waals surface area contributed by atoms with Crippen molar-refractivity contribution >= 4 is 10.2 Å². The maximum Gasteiger partial charge on any atom is 0.282 e. The quantitative estimate of drug-likeness (QED) is 0.883. The van der Waals surface area contributed by atoms with Crippen molar-refractivity contribution in [1.82, 2.24) is 13.9 Å². The summed E-state index contributed by atoms with van der Waals surface area (Å²) < 4.78 is 27.9. The van der Waals surface area contributed by atoms with E-state index in [0.29, 0.717) is 19.6 Å². The molecule has 0 amide bonds. The fourth-order valence-corrected chi connectivity index (χ4v) is 3.56. The third-order valence-electron chi connectivity index (χ3n) is 3.27. The van der Waals surface area contributed by atoms with Gasteiger partial charge in [-0.25, -0.2) is 0 Å². The van der Waals surface area contributed by atoms with Crippen molar-refractivity contribution in [2.75, 3.05) is 33.2 Å². The van der Waals surface area contributed by atoms with Gasteiger partial charge in [0.2, 0.25) is 0 Å². The van der Waals surface area contributed by atoms with Crippen LogP contribution in [0.4, 0.5) is 0 Å². The summed E-state index contributed by atoms with van der Waals surface area (Å²) in [7, 11) is -1.72. The summed E-state index contributed by atoms with van der Waals surface area (Å²) in [6, 6.07) is 9.65. The van der Waals surface area contributed by atoms with E-state index in [1.165, 1.54) is 4.31 Å². The van der Waals surface area contributed by atoms with Crippen LogP contribution >= 0.6 is 0 Å². The standard InChI is InChI=1S/C13H21N3O2S/c1-15(12-13-6-3-2-4-7-13)19(17,18)16-10-5-8-14-9-11-16/h2-4,6-7,14H,5,8-12H2,1H3. The highest BCUT2D eigenvalue weighted by Crippen LogP contribution is 2.12. The Kier molecular flexibility index (Phi) is 4.93. The van der Waals surface area contributed by atoms with Crippen molar-refractivity contribution < 1.29 is 8.42 Å². The second kappa shape index (κ2) is 6.47. The van der Waals surface area contributed by atoms with E-state index < -0.39 is 10.2 Å². The predicted octanol–water partition coefficient (Wildman–Crippen LogP) is 0.659. The molecule has 1 aliphatic heterocycles. The summed E-state index contributed by atoms with van der Waals surface area (Å²) in [5, 5.41) is 3.21. The van der Waals surface area contributed by atoms with E-state index in [1.807, 2.05) is 30.3 Å². The van der Waals surface area contributed by atoms with Crippen molar-refractivity contribution in [3.63, 3.8) is 0 Å². The zero-order chi connectivity index (χ0) is 13.7. The van der Waals surface area contributed by atoms with Crippen LogP contribution in [0.15, 0.2) is 30.3 Å². The molecule has 1 heterocycles. The van der Waals surface area contributed by atoms with Crippen LogP contribution in [-0.2, 0) is 16.8 Å². The van der Waals surface area contributed by atoms with Gasteiger partial charge in [0.1, 0.15) is 0 Å². The minimum atomic E-state index is -3.36. The van der Waals surface area contributed by atoms with Crippen molar-refractivity contribution in [2.24, 2.45) is 0 Å². The fourth-order valence-electron chi connectivity index (χ4n) is 2.17. The van der Waals surface area contributed by atoms with Crippen LogP contribution in [-0.4, -0.2) is 50.3 Å². The smallest absolute Gasteiger partial charge is 0.282 e. The van der Waals surface area contributed by atoms with Gasteiger partial charge in [0.05, 0.1) is 0 Å². The molecule has 0 radical (unpaired) electrons. The second-order valence-electron chi connectivity index (χ2n) is 4.75. The zero-order valence-electron chi connectivity index (χ0n) is 11.2. The van der Waals surface area contributed by atoms with Gasteiger partial charge in [0, 0.05) is 33.2 Å². The average molecular weight is 283 g/mol. The van der Waals surface area contributed by atoms with Crippen LogP contribution in [0.2, 0.25) is 0 Å². The SMILES string of the molecule is CN(Cc1ccccc1)S(=O)(=O)N1CCCNCC1. The Morgan fingerprint density at radius 3 is 2.68 bits per heavy atom. The lowest BCUT2D eigenvalue weighted by atomic mass is 10.2. The van der Waals surface area contributed by atoms with Crippen LogP contribution in [0.5, 0.6) is 0 Å².